The highest BCUT2D eigenvalue weighted by molar-refractivity contribution is 5.95. The third kappa shape index (κ3) is 2.56. The quantitative estimate of drug-likeness (QED) is 0.653. The van der Waals surface area contributed by atoms with E-state index in [0.29, 0.717) is 30.5 Å². The Morgan fingerprint density at radius 3 is 3.16 bits per heavy atom. The summed E-state index contributed by atoms with van der Waals surface area (Å²) < 4.78 is 10.5. The lowest BCUT2D eigenvalue weighted by Gasteiger charge is -2.07. The number of fused-ring (bicyclic) bond motifs is 1. The molecule has 2 aromatic rings. The molecule has 0 spiro atoms. The number of hydrogen-bond donors (Lipinski definition) is 2. The Morgan fingerprint density at radius 1 is 1.47 bits per heavy atom. The molecule has 0 aliphatic carbocycles. The zero-order valence-corrected chi connectivity index (χ0v) is 10.5. The largest absolute Gasteiger partial charge is 0.461 e. The number of carbonyl (C=O) groups excluding carboxylic acids is 1. The summed E-state index contributed by atoms with van der Waals surface area (Å²) in [6.45, 7) is 1.85. The average molecular weight is 260 g/mol. The van der Waals surface area contributed by atoms with Crippen LogP contribution >= 0.6 is 0 Å². The first kappa shape index (κ1) is 12.0. The zero-order chi connectivity index (χ0) is 13.2. The second-order valence-electron chi connectivity index (χ2n) is 4.86. The topological polar surface area (TPSA) is 77.3 Å². The third-order valence-corrected chi connectivity index (χ3v) is 3.34. The number of anilines is 1. The maximum Gasteiger partial charge on any atom is 0.354 e. The first-order valence-electron chi connectivity index (χ1n) is 6.35. The van der Waals surface area contributed by atoms with Gasteiger partial charge >= 0.3 is 5.97 Å². The summed E-state index contributed by atoms with van der Waals surface area (Å²) in [4.78, 5) is 15.0. The first-order valence-corrected chi connectivity index (χ1v) is 6.35. The molecule has 1 aromatic heterocycles. The number of ether oxygens (including phenoxy) is 2. The van der Waals surface area contributed by atoms with E-state index >= 15 is 0 Å². The molecule has 2 heterocycles. The van der Waals surface area contributed by atoms with Crippen molar-refractivity contribution in [2.24, 2.45) is 5.92 Å². The zero-order valence-electron chi connectivity index (χ0n) is 10.5. The standard InChI is InChI=1S/C14H16N2O3/c15-11-1-2-12-10(5-11)6-13(16-12)14(17)19-8-9-3-4-18-7-9/h1-2,5-6,9,16H,3-4,7-8,15H2. The van der Waals surface area contributed by atoms with Crippen LogP contribution in [0.3, 0.4) is 0 Å². The van der Waals surface area contributed by atoms with Crippen LogP contribution < -0.4 is 5.73 Å². The number of nitrogens with one attached hydrogen (secondary N) is 1. The average Bonchev–Trinajstić information content (AvgIpc) is 3.04. The molecule has 1 aliphatic heterocycles. The number of nitrogens with two attached hydrogens (primary N) is 1. The van der Waals surface area contributed by atoms with E-state index in [4.69, 9.17) is 15.2 Å². The second-order valence-corrected chi connectivity index (χ2v) is 4.86. The minimum absolute atomic E-state index is 0.323. The van der Waals surface area contributed by atoms with E-state index in [1.807, 2.05) is 12.1 Å². The van der Waals surface area contributed by atoms with Gasteiger partial charge in [-0.1, -0.05) is 0 Å². The van der Waals surface area contributed by atoms with Crippen molar-refractivity contribution >= 4 is 22.6 Å². The number of nitrogen functional groups attached to an aromatic ring is 1. The molecule has 0 saturated carbocycles. The van der Waals surface area contributed by atoms with Crippen LogP contribution in [-0.4, -0.2) is 30.8 Å². The van der Waals surface area contributed by atoms with Gasteiger partial charge in [0.05, 0.1) is 13.2 Å². The van der Waals surface area contributed by atoms with Crippen LogP contribution in [-0.2, 0) is 9.47 Å². The Bertz CT molecular complexity index is 600. The first-order chi connectivity index (χ1) is 9.22. The van der Waals surface area contributed by atoms with Crippen molar-refractivity contribution in [3.8, 4) is 0 Å². The van der Waals surface area contributed by atoms with Crippen LogP contribution in [0.1, 0.15) is 16.9 Å². The van der Waals surface area contributed by atoms with Crippen molar-refractivity contribution in [1.29, 1.82) is 0 Å². The summed E-state index contributed by atoms with van der Waals surface area (Å²) in [5.41, 5.74) is 7.72. The van der Waals surface area contributed by atoms with Crippen LogP contribution in [0.15, 0.2) is 24.3 Å². The van der Waals surface area contributed by atoms with Gasteiger partial charge in [0, 0.05) is 29.1 Å². The van der Waals surface area contributed by atoms with Crippen LogP contribution in [0, 0.1) is 5.92 Å². The van der Waals surface area contributed by atoms with Gasteiger partial charge in [0.1, 0.15) is 5.69 Å². The fourth-order valence-electron chi connectivity index (χ4n) is 2.25. The smallest absolute Gasteiger partial charge is 0.354 e. The van der Waals surface area contributed by atoms with Crippen molar-refractivity contribution < 1.29 is 14.3 Å². The molecule has 1 saturated heterocycles. The van der Waals surface area contributed by atoms with Gasteiger partial charge < -0.3 is 20.2 Å². The highest BCUT2D eigenvalue weighted by Crippen LogP contribution is 2.19. The van der Waals surface area contributed by atoms with Crippen molar-refractivity contribution in [3.63, 3.8) is 0 Å². The summed E-state index contributed by atoms with van der Waals surface area (Å²) in [5, 5.41) is 0.913. The van der Waals surface area contributed by atoms with Crippen LogP contribution in [0.4, 0.5) is 5.69 Å². The van der Waals surface area contributed by atoms with Crippen molar-refractivity contribution in [1.82, 2.24) is 4.98 Å². The molecule has 1 aromatic carbocycles. The van der Waals surface area contributed by atoms with Gasteiger partial charge in [-0.15, -0.1) is 0 Å². The number of benzene rings is 1. The molecule has 3 N–H and O–H groups in total. The fourth-order valence-corrected chi connectivity index (χ4v) is 2.25. The lowest BCUT2D eigenvalue weighted by Crippen LogP contribution is -2.14. The minimum atomic E-state index is -0.332. The number of hydrogen-bond acceptors (Lipinski definition) is 4. The van der Waals surface area contributed by atoms with Crippen LogP contribution in [0.2, 0.25) is 0 Å². The van der Waals surface area contributed by atoms with Crippen molar-refractivity contribution in [2.45, 2.75) is 6.42 Å². The number of carbonyl (C=O) groups is 1. The molecule has 100 valence electrons. The maximum absolute atomic E-state index is 11.9. The van der Waals surface area contributed by atoms with Gasteiger partial charge in [0.15, 0.2) is 0 Å². The Kier molecular flexibility index (Phi) is 3.13. The lowest BCUT2D eigenvalue weighted by molar-refractivity contribution is 0.0422. The predicted molar refractivity (Wildman–Crippen MR) is 71.9 cm³/mol. The SMILES string of the molecule is Nc1ccc2[nH]c(C(=O)OCC3CCOC3)cc2c1. The molecule has 0 radical (unpaired) electrons. The summed E-state index contributed by atoms with van der Waals surface area (Å²) in [7, 11) is 0. The highest BCUT2D eigenvalue weighted by atomic mass is 16.5. The molecule has 1 aliphatic rings. The van der Waals surface area contributed by atoms with Crippen molar-refractivity contribution in [2.75, 3.05) is 25.6 Å². The third-order valence-electron chi connectivity index (χ3n) is 3.34. The van der Waals surface area contributed by atoms with Crippen LogP contribution in [0.25, 0.3) is 10.9 Å². The molecule has 1 atom stereocenters. The molecule has 1 fully saturated rings. The van der Waals surface area contributed by atoms with E-state index in [2.05, 4.69) is 4.98 Å². The summed E-state index contributed by atoms with van der Waals surface area (Å²) in [6, 6.07) is 7.24. The molecular weight excluding hydrogens is 244 g/mol. The normalized spacial score (nSPS) is 18.8. The number of aromatic nitrogens is 1. The number of aromatic amines is 1. The number of esters is 1. The van der Waals surface area contributed by atoms with E-state index in [-0.39, 0.29) is 5.97 Å². The monoisotopic (exact) mass is 260 g/mol. The van der Waals surface area contributed by atoms with E-state index in [1.165, 1.54) is 0 Å². The molecule has 1 unspecified atom stereocenters. The predicted octanol–water partition coefficient (Wildman–Crippen LogP) is 1.94. The van der Waals surface area contributed by atoms with E-state index in [0.717, 1.165) is 23.9 Å². The van der Waals surface area contributed by atoms with E-state index in [9.17, 15) is 4.79 Å². The Hall–Kier alpha value is -2.01. The van der Waals surface area contributed by atoms with Gasteiger partial charge in [0.2, 0.25) is 0 Å². The van der Waals surface area contributed by atoms with Crippen molar-refractivity contribution in [3.05, 3.63) is 30.0 Å². The molecule has 0 amide bonds. The Balaban J connectivity index is 1.70. The number of H-pyrrole nitrogens is 1. The Labute approximate surface area is 110 Å². The summed E-state index contributed by atoms with van der Waals surface area (Å²) in [6.07, 6.45) is 0.955. The molecule has 0 bridgehead atoms. The molecular formula is C14H16N2O3. The van der Waals surface area contributed by atoms with E-state index < -0.39 is 0 Å². The fraction of sp³-hybridized carbons (Fsp3) is 0.357. The van der Waals surface area contributed by atoms with Gasteiger partial charge in [0.25, 0.3) is 0 Å². The Morgan fingerprint density at radius 2 is 2.37 bits per heavy atom. The van der Waals surface area contributed by atoms with Gasteiger partial charge in [-0.2, -0.15) is 0 Å². The molecule has 19 heavy (non-hydrogen) atoms. The summed E-state index contributed by atoms with van der Waals surface area (Å²) in [5.74, 6) is -0.00866. The van der Waals surface area contributed by atoms with Crippen LogP contribution in [0.5, 0.6) is 0 Å². The lowest BCUT2D eigenvalue weighted by atomic mass is 10.1. The second kappa shape index (κ2) is 4.93. The molecule has 5 nitrogen and oxygen atoms in total. The van der Waals surface area contributed by atoms with Gasteiger partial charge in [-0.05, 0) is 30.7 Å². The minimum Gasteiger partial charge on any atom is -0.461 e. The molecule has 5 heteroatoms. The summed E-state index contributed by atoms with van der Waals surface area (Å²) >= 11 is 0. The van der Waals surface area contributed by atoms with Gasteiger partial charge in [-0.25, -0.2) is 4.79 Å². The van der Waals surface area contributed by atoms with E-state index in [1.54, 1.807) is 12.1 Å². The molecule has 3 rings (SSSR count). The number of rotatable bonds is 3. The van der Waals surface area contributed by atoms with Gasteiger partial charge in [-0.3, -0.25) is 0 Å². The highest BCUT2D eigenvalue weighted by Gasteiger charge is 2.19. The maximum atomic E-state index is 11.9.